The van der Waals surface area contributed by atoms with Gasteiger partial charge in [0.25, 0.3) is 0 Å². The van der Waals surface area contributed by atoms with E-state index in [1.807, 2.05) is 0 Å². The molecule has 0 radical (unpaired) electrons. The van der Waals surface area contributed by atoms with Crippen LogP contribution in [0.3, 0.4) is 0 Å². The summed E-state index contributed by atoms with van der Waals surface area (Å²) in [5, 5.41) is -0.426. The molecule has 0 N–H and O–H groups in total. The van der Waals surface area contributed by atoms with Crippen LogP contribution in [0.25, 0.3) is 0 Å². The number of rotatable bonds is 6. The number of Topliss-reactive ketones (excluding diaryl/α,β-unsaturated/α-hetero) is 1. The first kappa shape index (κ1) is 17.2. The molecule has 7 heteroatoms. The zero-order chi connectivity index (χ0) is 16.3. The van der Waals surface area contributed by atoms with Gasteiger partial charge in [0.2, 0.25) is 0 Å². The van der Waals surface area contributed by atoms with Crippen molar-refractivity contribution in [1.29, 1.82) is 0 Å². The summed E-state index contributed by atoms with van der Waals surface area (Å²) >= 11 is 6.10. The van der Waals surface area contributed by atoms with E-state index in [-0.39, 0.29) is 33.4 Å². The van der Waals surface area contributed by atoms with Crippen LogP contribution in [0.1, 0.15) is 36.5 Å². The number of ether oxygens (including phenoxy) is 2. The maximum atomic E-state index is 12.5. The summed E-state index contributed by atoms with van der Waals surface area (Å²) in [5.74, 6) is 0.0918. The maximum Gasteiger partial charge on any atom is 0.182 e. The monoisotopic (exact) mass is 346 g/mol. The molecular formula is C15H19ClO5S. The summed E-state index contributed by atoms with van der Waals surface area (Å²) in [6.07, 6.45) is 1.07. The molecule has 1 aromatic carbocycles. The molecule has 1 aliphatic rings. The first-order valence-corrected chi connectivity index (χ1v) is 9.06. The predicted octanol–water partition coefficient (Wildman–Crippen LogP) is 2.89. The highest BCUT2D eigenvalue weighted by Crippen LogP contribution is 2.37. The van der Waals surface area contributed by atoms with Crippen LogP contribution in [0.2, 0.25) is 5.02 Å². The van der Waals surface area contributed by atoms with Crippen LogP contribution >= 0.6 is 11.6 Å². The van der Waals surface area contributed by atoms with E-state index >= 15 is 0 Å². The molecule has 0 spiro atoms. The van der Waals surface area contributed by atoms with E-state index in [1.54, 1.807) is 14.0 Å². The number of hydrogen-bond donors (Lipinski definition) is 0. The van der Waals surface area contributed by atoms with Crippen molar-refractivity contribution in [3.05, 3.63) is 22.7 Å². The average Bonchev–Trinajstić information content (AvgIpc) is 2.48. The fraction of sp³-hybridized carbons (Fsp3) is 0.533. The largest absolute Gasteiger partial charge is 0.492 e. The number of carbonyl (C=O) groups excluding carboxylic acids is 1. The molecule has 0 saturated heterocycles. The van der Waals surface area contributed by atoms with Gasteiger partial charge in [0.05, 0.1) is 21.8 Å². The Bertz CT molecular complexity index is 669. The summed E-state index contributed by atoms with van der Waals surface area (Å²) in [4.78, 5) is 12.2. The molecule has 1 atom stereocenters. The van der Waals surface area contributed by atoms with Gasteiger partial charge in [-0.05, 0) is 12.5 Å². The highest BCUT2D eigenvalue weighted by Gasteiger charge is 2.37. The smallest absolute Gasteiger partial charge is 0.182 e. The van der Waals surface area contributed by atoms with Crippen molar-refractivity contribution in [3.8, 4) is 5.75 Å². The lowest BCUT2D eigenvalue weighted by molar-refractivity contribution is 0.0973. The molecular weight excluding hydrogens is 328 g/mol. The molecule has 0 aromatic heterocycles. The predicted molar refractivity (Wildman–Crippen MR) is 83.7 cm³/mol. The molecule has 1 aliphatic heterocycles. The maximum absolute atomic E-state index is 12.5. The Balaban J connectivity index is 2.37. The van der Waals surface area contributed by atoms with Gasteiger partial charge in [0.1, 0.15) is 5.75 Å². The van der Waals surface area contributed by atoms with Crippen molar-refractivity contribution >= 4 is 27.2 Å². The van der Waals surface area contributed by atoms with Crippen molar-refractivity contribution in [2.24, 2.45) is 0 Å². The molecule has 0 fully saturated rings. The SMILES string of the molecule is CCC1CC(=O)c2cc(Cl)c(OCCCOC)cc2S1(=O)=O. The molecule has 22 heavy (non-hydrogen) atoms. The molecule has 5 nitrogen and oxygen atoms in total. The third kappa shape index (κ3) is 3.29. The van der Waals surface area contributed by atoms with Gasteiger partial charge >= 0.3 is 0 Å². The van der Waals surface area contributed by atoms with Crippen LogP contribution < -0.4 is 4.74 Å². The zero-order valence-corrected chi connectivity index (χ0v) is 14.2. The molecule has 0 bridgehead atoms. The van der Waals surface area contributed by atoms with E-state index in [0.717, 1.165) is 0 Å². The second-order valence-corrected chi connectivity index (χ2v) is 7.78. The van der Waals surface area contributed by atoms with Gasteiger partial charge in [-0.1, -0.05) is 18.5 Å². The van der Waals surface area contributed by atoms with E-state index in [0.29, 0.717) is 26.1 Å². The first-order valence-electron chi connectivity index (χ1n) is 7.14. The number of fused-ring (bicyclic) bond motifs is 1. The Kier molecular flexibility index (Phi) is 5.47. The first-order chi connectivity index (χ1) is 10.4. The quantitative estimate of drug-likeness (QED) is 0.741. The number of benzene rings is 1. The molecule has 1 unspecified atom stereocenters. The Labute approximate surface area is 135 Å². The average molecular weight is 347 g/mol. The molecule has 122 valence electrons. The number of hydrogen-bond acceptors (Lipinski definition) is 5. The topological polar surface area (TPSA) is 69.7 Å². The molecule has 2 rings (SSSR count). The lowest BCUT2D eigenvalue weighted by Crippen LogP contribution is -2.31. The van der Waals surface area contributed by atoms with E-state index < -0.39 is 15.1 Å². The van der Waals surface area contributed by atoms with Gasteiger partial charge < -0.3 is 9.47 Å². The van der Waals surface area contributed by atoms with E-state index in [1.165, 1.54) is 12.1 Å². The molecule has 0 amide bonds. The van der Waals surface area contributed by atoms with Crippen LogP contribution in [0.4, 0.5) is 0 Å². The van der Waals surface area contributed by atoms with Crippen molar-refractivity contribution in [2.45, 2.75) is 36.3 Å². The summed E-state index contributed by atoms with van der Waals surface area (Å²) < 4.78 is 35.5. The number of methoxy groups -OCH3 is 1. The van der Waals surface area contributed by atoms with Gasteiger partial charge in [-0.3, -0.25) is 4.79 Å². The summed E-state index contributed by atoms with van der Waals surface area (Å²) in [6, 6.07) is 2.77. The number of carbonyl (C=O) groups is 1. The number of sulfone groups is 1. The minimum atomic E-state index is -3.52. The molecule has 0 aliphatic carbocycles. The fourth-order valence-corrected chi connectivity index (χ4v) is 4.59. The van der Waals surface area contributed by atoms with Crippen molar-refractivity contribution in [3.63, 3.8) is 0 Å². The van der Waals surface area contributed by atoms with Crippen LogP contribution in [-0.4, -0.2) is 39.8 Å². The lowest BCUT2D eigenvalue weighted by atomic mass is 10.0. The molecule has 1 aromatic rings. The van der Waals surface area contributed by atoms with Crippen molar-refractivity contribution in [1.82, 2.24) is 0 Å². The Morgan fingerprint density at radius 2 is 2.05 bits per heavy atom. The normalized spacial score (nSPS) is 19.8. The standard InChI is InChI=1S/C15H19ClO5S/c1-3-10-7-13(17)11-8-12(16)14(21-6-4-5-20-2)9-15(11)22(10,18)19/h8-10H,3-7H2,1-2H3. The van der Waals surface area contributed by atoms with Gasteiger partial charge in [-0.2, -0.15) is 0 Å². The number of ketones is 1. The van der Waals surface area contributed by atoms with E-state index in [9.17, 15) is 13.2 Å². The minimum Gasteiger partial charge on any atom is -0.492 e. The Hall–Kier alpha value is -1.11. The summed E-state index contributed by atoms with van der Waals surface area (Å²) in [5.41, 5.74) is 0.166. The third-order valence-corrected chi connectivity index (χ3v) is 6.32. The second-order valence-electron chi connectivity index (χ2n) is 5.18. The number of halogens is 1. The fourth-order valence-electron chi connectivity index (χ4n) is 2.45. The molecule has 1 heterocycles. The van der Waals surface area contributed by atoms with Gasteiger partial charge in [0, 0.05) is 38.2 Å². The van der Waals surface area contributed by atoms with E-state index in [4.69, 9.17) is 21.1 Å². The summed E-state index contributed by atoms with van der Waals surface area (Å²) in [6.45, 7) is 2.66. The van der Waals surface area contributed by atoms with Crippen LogP contribution in [0.15, 0.2) is 17.0 Å². The Morgan fingerprint density at radius 3 is 2.68 bits per heavy atom. The zero-order valence-electron chi connectivity index (χ0n) is 12.6. The van der Waals surface area contributed by atoms with E-state index in [2.05, 4.69) is 0 Å². The van der Waals surface area contributed by atoms with Crippen LogP contribution in [0.5, 0.6) is 5.75 Å². The lowest BCUT2D eigenvalue weighted by Gasteiger charge is -2.24. The highest BCUT2D eigenvalue weighted by atomic mass is 35.5. The van der Waals surface area contributed by atoms with Crippen molar-refractivity contribution < 1.29 is 22.7 Å². The molecule has 0 saturated carbocycles. The minimum absolute atomic E-state index is 0.0101. The van der Waals surface area contributed by atoms with Gasteiger partial charge in [0.15, 0.2) is 15.6 Å². The van der Waals surface area contributed by atoms with Crippen LogP contribution in [-0.2, 0) is 14.6 Å². The highest BCUT2D eigenvalue weighted by molar-refractivity contribution is 7.92. The Morgan fingerprint density at radius 1 is 1.32 bits per heavy atom. The second kappa shape index (κ2) is 6.98. The summed E-state index contributed by atoms with van der Waals surface area (Å²) in [7, 11) is -1.93. The van der Waals surface area contributed by atoms with Gasteiger partial charge in [-0.15, -0.1) is 0 Å². The van der Waals surface area contributed by atoms with Crippen molar-refractivity contribution in [2.75, 3.05) is 20.3 Å². The third-order valence-electron chi connectivity index (χ3n) is 3.70. The van der Waals surface area contributed by atoms with Gasteiger partial charge in [-0.25, -0.2) is 8.42 Å². The van der Waals surface area contributed by atoms with Crippen LogP contribution in [0, 0.1) is 0 Å².